The molecule has 6 heteroatoms. The molecule has 1 aromatic rings. The third-order valence-corrected chi connectivity index (χ3v) is 2.89. The Labute approximate surface area is 116 Å². The molecule has 2 unspecified atom stereocenters. The number of nitrogens with one attached hydrogen (secondary N) is 1. The van der Waals surface area contributed by atoms with Gasteiger partial charge in [-0.1, -0.05) is 25.1 Å². The number of aliphatic carboxylic acids is 1. The largest absolute Gasteiger partial charge is 0.480 e. The molecule has 0 radical (unpaired) electrons. The smallest absolute Gasteiger partial charge is 0.328 e. The zero-order valence-corrected chi connectivity index (χ0v) is 11.4. The van der Waals surface area contributed by atoms with Crippen LogP contribution in [0.4, 0.5) is 4.39 Å². The zero-order chi connectivity index (χ0) is 15.1. The van der Waals surface area contributed by atoms with Gasteiger partial charge in [-0.25, -0.2) is 9.18 Å². The maximum atomic E-state index is 13.6. The highest BCUT2D eigenvalue weighted by Crippen LogP contribution is 2.21. The van der Waals surface area contributed by atoms with Gasteiger partial charge in [0.25, 0.3) is 0 Å². The second-order valence-electron chi connectivity index (χ2n) is 4.54. The lowest BCUT2D eigenvalue weighted by atomic mass is 9.97. The third-order valence-electron chi connectivity index (χ3n) is 2.89. The van der Waals surface area contributed by atoms with Crippen LogP contribution in [-0.4, -0.2) is 36.7 Å². The highest BCUT2D eigenvalue weighted by molar-refractivity contribution is 5.84. The number of rotatable bonds is 7. The molecule has 0 aliphatic rings. The monoisotopic (exact) mass is 283 g/mol. The van der Waals surface area contributed by atoms with Crippen LogP contribution in [0.1, 0.15) is 24.8 Å². The van der Waals surface area contributed by atoms with Crippen molar-refractivity contribution in [3.63, 3.8) is 0 Å². The van der Waals surface area contributed by atoms with Gasteiger partial charge in [-0.05, 0) is 17.5 Å². The molecular weight excluding hydrogens is 265 g/mol. The first-order valence-electron chi connectivity index (χ1n) is 6.21. The van der Waals surface area contributed by atoms with Crippen LogP contribution in [0, 0.1) is 5.82 Å². The van der Waals surface area contributed by atoms with E-state index in [1.54, 1.807) is 25.1 Å². The number of benzene rings is 1. The third kappa shape index (κ3) is 4.62. The van der Waals surface area contributed by atoms with Crippen molar-refractivity contribution in [2.45, 2.75) is 25.3 Å². The van der Waals surface area contributed by atoms with Crippen molar-refractivity contribution in [3.8, 4) is 0 Å². The molecule has 1 amide bonds. The van der Waals surface area contributed by atoms with E-state index in [0.717, 1.165) is 0 Å². The number of amides is 1. The van der Waals surface area contributed by atoms with E-state index in [4.69, 9.17) is 9.84 Å². The maximum Gasteiger partial charge on any atom is 0.328 e. The van der Waals surface area contributed by atoms with Gasteiger partial charge in [0.05, 0.1) is 6.61 Å². The number of ether oxygens (including phenoxy) is 1. The Bertz CT molecular complexity index is 478. The van der Waals surface area contributed by atoms with Crippen molar-refractivity contribution in [2.24, 2.45) is 0 Å². The van der Waals surface area contributed by atoms with Crippen LogP contribution in [0.2, 0.25) is 0 Å². The molecule has 0 saturated carbocycles. The van der Waals surface area contributed by atoms with E-state index in [2.05, 4.69) is 5.32 Å². The van der Waals surface area contributed by atoms with E-state index in [1.165, 1.54) is 13.2 Å². The summed E-state index contributed by atoms with van der Waals surface area (Å²) in [5.41, 5.74) is 0.432. The predicted octanol–water partition coefficient (Wildman–Crippen LogP) is 1.54. The minimum Gasteiger partial charge on any atom is -0.480 e. The minimum absolute atomic E-state index is 0.00836. The van der Waals surface area contributed by atoms with Crippen molar-refractivity contribution in [1.29, 1.82) is 0 Å². The molecule has 0 bridgehead atoms. The Morgan fingerprint density at radius 3 is 2.60 bits per heavy atom. The topological polar surface area (TPSA) is 75.6 Å². The number of carboxylic acids is 1. The van der Waals surface area contributed by atoms with Gasteiger partial charge in [0.2, 0.25) is 5.91 Å². The SMILES string of the molecule is COCC(NC(=O)CC(C)c1ccccc1F)C(=O)O. The fourth-order valence-corrected chi connectivity index (χ4v) is 1.86. The van der Waals surface area contributed by atoms with Gasteiger partial charge in [-0.15, -0.1) is 0 Å². The van der Waals surface area contributed by atoms with Gasteiger partial charge < -0.3 is 15.2 Å². The van der Waals surface area contributed by atoms with E-state index in [-0.39, 0.29) is 24.8 Å². The van der Waals surface area contributed by atoms with Crippen molar-refractivity contribution >= 4 is 11.9 Å². The summed E-state index contributed by atoms with van der Waals surface area (Å²) in [6, 6.07) is 5.11. The van der Waals surface area contributed by atoms with E-state index in [1.807, 2.05) is 0 Å². The number of hydrogen-bond donors (Lipinski definition) is 2. The first kappa shape index (κ1) is 16.1. The number of hydrogen-bond acceptors (Lipinski definition) is 3. The highest BCUT2D eigenvalue weighted by Gasteiger charge is 2.21. The highest BCUT2D eigenvalue weighted by atomic mass is 19.1. The number of methoxy groups -OCH3 is 1. The summed E-state index contributed by atoms with van der Waals surface area (Å²) in [7, 11) is 1.35. The summed E-state index contributed by atoms with van der Waals surface area (Å²) in [6.07, 6.45) is 0.00836. The second kappa shape index (κ2) is 7.59. The van der Waals surface area contributed by atoms with Gasteiger partial charge in [-0.3, -0.25) is 4.79 Å². The molecular formula is C14H18FNO4. The van der Waals surface area contributed by atoms with Crippen LogP contribution in [-0.2, 0) is 14.3 Å². The standard InChI is InChI=1S/C14H18FNO4/c1-9(10-5-3-4-6-11(10)15)7-13(17)16-12(8-20-2)14(18)19/h3-6,9,12H,7-8H2,1-2H3,(H,16,17)(H,18,19). The zero-order valence-electron chi connectivity index (χ0n) is 11.4. The molecule has 20 heavy (non-hydrogen) atoms. The summed E-state index contributed by atoms with van der Waals surface area (Å²) in [5, 5.41) is 11.2. The van der Waals surface area contributed by atoms with Gasteiger partial charge >= 0.3 is 5.97 Å². The minimum atomic E-state index is -1.17. The van der Waals surface area contributed by atoms with Crippen LogP contribution in [0.5, 0.6) is 0 Å². The molecule has 0 aliphatic heterocycles. The molecule has 0 saturated heterocycles. The Morgan fingerprint density at radius 1 is 1.40 bits per heavy atom. The molecule has 1 rings (SSSR count). The molecule has 5 nitrogen and oxygen atoms in total. The number of carboxylic acid groups (broad SMARTS) is 1. The Morgan fingerprint density at radius 2 is 2.05 bits per heavy atom. The molecule has 2 N–H and O–H groups in total. The summed E-state index contributed by atoms with van der Waals surface area (Å²) in [6.45, 7) is 1.60. The van der Waals surface area contributed by atoms with Crippen LogP contribution < -0.4 is 5.32 Å². The van der Waals surface area contributed by atoms with Gasteiger partial charge in [-0.2, -0.15) is 0 Å². The molecule has 0 fully saturated rings. The molecule has 1 aromatic carbocycles. The fourth-order valence-electron chi connectivity index (χ4n) is 1.86. The second-order valence-corrected chi connectivity index (χ2v) is 4.54. The normalized spacial score (nSPS) is 13.6. The Balaban J connectivity index is 2.62. The van der Waals surface area contributed by atoms with E-state index >= 15 is 0 Å². The summed E-state index contributed by atoms with van der Waals surface area (Å²) in [5.74, 6) is -2.34. The number of halogens is 1. The van der Waals surface area contributed by atoms with Crippen molar-refractivity contribution in [1.82, 2.24) is 5.32 Å². The summed E-state index contributed by atoms with van der Waals surface area (Å²) < 4.78 is 18.3. The van der Waals surface area contributed by atoms with E-state index in [0.29, 0.717) is 5.56 Å². The van der Waals surface area contributed by atoms with Crippen LogP contribution >= 0.6 is 0 Å². The van der Waals surface area contributed by atoms with Gasteiger partial charge in [0.1, 0.15) is 5.82 Å². The van der Waals surface area contributed by atoms with E-state index < -0.39 is 17.9 Å². The van der Waals surface area contributed by atoms with Crippen molar-refractivity contribution < 1.29 is 23.8 Å². The molecule has 110 valence electrons. The van der Waals surface area contributed by atoms with Crippen LogP contribution in [0.3, 0.4) is 0 Å². The molecule has 0 aliphatic carbocycles. The first-order valence-corrected chi connectivity index (χ1v) is 6.21. The quantitative estimate of drug-likeness (QED) is 0.796. The fraction of sp³-hybridized carbons (Fsp3) is 0.429. The maximum absolute atomic E-state index is 13.6. The first-order chi connectivity index (χ1) is 9.45. The molecule has 0 aromatic heterocycles. The van der Waals surface area contributed by atoms with Gasteiger partial charge in [0.15, 0.2) is 6.04 Å². The van der Waals surface area contributed by atoms with Crippen molar-refractivity contribution in [2.75, 3.05) is 13.7 Å². The lowest BCUT2D eigenvalue weighted by Gasteiger charge is -2.16. The average molecular weight is 283 g/mol. The van der Waals surface area contributed by atoms with Crippen LogP contribution in [0.15, 0.2) is 24.3 Å². The average Bonchev–Trinajstić information content (AvgIpc) is 2.38. The number of carbonyl (C=O) groups is 2. The van der Waals surface area contributed by atoms with Crippen molar-refractivity contribution in [3.05, 3.63) is 35.6 Å². The molecule has 2 atom stereocenters. The summed E-state index contributed by atoms with van der Waals surface area (Å²) >= 11 is 0. The predicted molar refractivity (Wildman–Crippen MR) is 70.9 cm³/mol. The summed E-state index contributed by atoms with van der Waals surface area (Å²) in [4.78, 5) is 22.7. The molecule has 0 heterocycles. The van der Waals surface area contributed by atoms with E-state index in [9.17, 15) is 14.0 Å². The Hall–Kier alpha value is -1.95. The van der Waals surface area contributed by atoms with Gasteiger partial charge in [0, 0.05) is 13.5 Å². The van der Waals surface area contributed by atoms with Crippen LogP contribution in [0.25, 0.3) is 0 Å². The molecule has 0 spiro atoms. The number of carbonyl (C=O) groups excluding carboxylic acids is 1. The Kier molecular flexibility index (Phi) is 6.11. The lowest BCUT2D eigenvalue weighted by molar-refractivity contribution is -0.143. The lowest BCUT2D eigenvalue weighted by Crippen LogP contribution is -2.44.